The molecule has 2 atom stereocenters. The molecule has 1 rings (SSSR count). The zero-order valence-electron chi connectivity index (χ0n) is 9.30. The number of aromatic nitrogens is 1. The number of carboxylic acids is 1. The molecule has 1 amide bonds. The average molecular weight is 276 g/mol. The minimum Gasteiger partial charge on any atom is -0.476 e. The minimum atomic E-state index is -1.16. The van der Waals surface area contributed by atoms with Crippen LogP contribution in [0.25, 0.3) is 0 Å². The summed E-state index contributed by atoms with van der Waals surface area (Å²) < 4.78 is 11.1. The first kappa shape index (κ1) is 13.8. The van der Waals surface area contributed by atoms with E-state index in [0.29, 0.717) is 0 Å². The molecule has 1 heterocycles. The summed E-state index contributed by atoms with van der Waals surface area (Å²) in [5.41, 5.74) is 0.0708. The Labute approximate surface area is 105 Å². The molecule has 0 bridgehead atoms. The van der Waals surface area contributed by atoms with Gasteiger partial charge in [-0.05, 0) is 6.92 Å². The van der Waals surface area contributed by atoms with Crippen LogP contribution in [-0.2, 0) is 10.8 Å². The van der Waals surface area contributed by atoms with Crippen molar-refractivity contribution < 1.29 is 18.9 Å². The fourth-order valence-electron chi connectivity index (χ4n) is 0.921. The number of hydrogen-bond donors (Lipinski definition) is 2. The maximum atomic E-state index is 11.5. The van der Waals surface area contributed by atoms with Crippen molar-refractivity contribution in [2.24, 2.45) is 0 Å². The third-order valence-electron chi connectivity index (χ3n) is 2.04. The van der Waals surface area contributed by atoms with E-state index in [1.54, 1.807) is 13.2 Å². The Balaban J connectivity index is 2.58. The van der Waals surface area contributed by atoms with E-state index in [4.69, 9.17) is 5.11 Å². The topological polar surface area (TPSA) is 96.4 Å². The van der Waals surface area contributed by atoms with Crippen molar-refractivity contribution in [2.75, 3.05) is 12.8 Å². The summed E-state index contributed by atoms with van der Waals surface area (Å²) in [5.74, 6) is -1.61. The summed E-state index contributed by atoms with van der Waals surface area (Å²) in [6.45, 7) is 2.02. The lowest BCUT2D eigenvalue weighted by atomic mass is 10.4. The summed E-state index contributed by atoms with van der Waals surface area (Å²) in [7, 11) is -1.01. The van der Waals surface area contributed by atoms with Gasteiger partial charge in [0.25, 0.3) is 5.91 Å². The van der Waals surface area contributed by atoms with Crippen molar-refractivity contribution in [2.45, 2.75) is 12.2 Å². The third kappa shape index (κ3) is 3.90. The Morgan fingerprint density at radius 2 is 2.29 bits per heavy atom. The van der Waals surface area contributed by atoms with Crippen molar-refractivity contribution >= 4 is 34.0 Å². The van der Waals surface area contributed by atoms with Crippen LogP contribution in [0.3, 0.4) is 0 Å². The van der Waals surface area contributed by atoms with Crippen LogP contribution in [0.15, 0.2) is 5.38 Å². The van der Waals surface area contributed by atoms with Gasteiger partial charge < -0.3 is 10.4 Å². The number of carboxylic acid groups (broad SMARTS) is 1. The molecule has 1 aromatic heterocycles. The van der Waals surface area contributed by atoms with Crippen LogP contribution < -0.4 is 5.32 Å². The predicted octanol–water partition coefficient (Wildman–Crippen LogP) is 0.338. The van der Waals surface area contributed by atoms with Gasteiger partial charge >= 0.3 is 5.97 Å². The highest BCUT2D eigenvalue weighted by atomic mass is 32.2. The highest BCUT2D eigenvalue weighted by Crippen LogP contribution is 2.09. The molecule has 0 aliphatic heterocycles. The fourth-order valence-corrected chi connectivity index (χ4v) is 1.87. The Morgan fingerprint density at radius 3 is 2.76 bits per heavy atom. The van der Waals surface area contributed by atoms with E-state index >= 15 is 0 Å². The van der Waals surface area contributed by atoms with Crippen molar-refractivity contribution in [3.05, 3.63) is 16.1 Å². The van der Waals surface area contributed by atoms with Crippen molar-refractivity contribution in [3.8, 4) is 0 Å². The first-order valence-electron chi connectivity index (χ1n) is 4.71. The second-order valence-electron chi connectivity index (χ2n) is 3.36. The van der Waals surface area contributed by atoms with E-state index in [-0.39, 0.29) is 22.5 Å². The summed E-state index contributed by atoms with van der Waals surface area (Å²) >= 11 is 0.895. The van der Waals surface area contributed by atoms with E-state index in [2.05, 4.69) is 10.3 Å². The third-order valence-corrected chi connectivity index (χ3v) is 4.17. The van der Waals surface area contributed by atoms with Crippen LogP contribution in [0.2, 0.25) is 0 Å². The highest BCUT2D eigenvalue weighted by Gasteiger charge is 2.15. The molecule has 8 heteroatoms. The molecule has 94 valence electrons. The van der Waals surface area contributed by atoms with Gasteiger partial charge in [-0.15, -0.1) is 11.3 Å². The maximum absolute atomic E-state index is 11.5. The van der Waals surface area contributed by atoms with Crippen molar-refractivity contribution in [1.82, 2.24) is 10.3 Å². The number of amides is 1. The second-order valence-corrected chi connectivity index (χ2v) is 6.02. The number of hydrogen-bond acceptors (Lipinski definition) is 5. The Bertz CT molecular complexity index is 458. The lowest BCUT2D eigenvalue weighted by molar-refractivity contribution is 0.0696. The SMILES string of the molecule is CC(CNC(=O)c1csc(C(=O)O)n1)S(C)=O. The van der Waals surface area contributed by atoms with Gasteiger partial charge in [-0.1, -0.05) is 0 Å². The molecule has 0 aliphatic rings. The second kappa shape index (κ2) is 5.87. The van der Waals surface area contributed by atoms with E-state index in [0.717, 1.165) is 11.3 Å². The van der Waals surface area contributed by atoms with E-state index in [1.165, 1.54) is 5.38 Å². The predicted molar refractivity (Wildman–Crippen MR) is 64.9 cm³/mol. The molecule has 0 saturated carbocycles. The fraction of sp³-hybridized carbons (Fsp3) is 0.444. The first-order valence-corrected chi connectivity index (χ1v) is 7.21. The number of thiazole rings is 1. The molecule has 0 radical (unpaired) electrons. The number of nitrogens with zero attached hydrogens (tertiary/aromatic N) is 1. The summed E-state index contributed by atoms with van der Waals surface area (Å²) in [4.78, 5) is 25.8. The first-order chi connectivity index (χ1) is 7.91. The molecule has 2 N–H and O–H groups in total. The van der Waals surface area contributed by atoms with Gasteiger partial charge in [0.05, 0.1) is 0 Å². The summed E-state index contributed by atoms with van der Waals surface area (Å²) in [6.07, 6.45) is 1.56. The van der Waals surface area contributed by atoms with E-state index < -0.39 is 22.7 Å². The van der Waals surface area contributed by atoms with Crippen LogP contribution >= 0.6 is 11.3 Å². The number of aromatic carboxylic acids is 1. The number of carbonyl (C=O) groups excluding carboxylic acids is 1. The summed E-state index contributed by atoms with van der Waals surface area (Å²) in [5, 5.41) is 12.3. The lowest BCUT2D eigenvalue weighted by Crippen LogP contribution is -2.32. The van der Waals surface area contributed by atoms with Gasteiger partial charge in [0.2, 0.25) is 5.01 Å². The van der Waals surface area contributed by atoms with Gasteiger partial charge in [-0.2, -0.15) is 0 Å². The van der Waals surface area contributed by atoms with Crippen LogP contribution in [0, 0.1) is 0 Å². The Kier molecular flexibility index (Phi) is 4.76. The number of rotatable bonds is 5. The molecule has 0 fully saturated rings. The summed E-state index contributed by atoms with van der Waals surface area (Å²) in [6, 6.07) is 0. The molecular formula is C9H12N2O4S2. The average Bonchev–Trinajstić information content (AvgIpc) is 2.74. The van der Waals surface area contributed by atoms with Gasteiger partial charge in [-0.25, -0.2) is 9.78 Å². The molecule has 0 aromatic carbocycles. The van der Waals surface area contributed by atoms with Crippen molar-refractivity contribution in [1.29, 1.82) is 0 Å². The molecule has 0 spiro atoms. The zero-order valence-corrected chi connectivity index (χ0v) is 10.9. The monoisotopic (exact) mass is 276 g/mol. The van der Waals surface area contributed by atoms with Crippen LogP contribution in [0.1, 0.15) is 27.2 Å². The van der Waals surface area contributed by atoms with Crippen LogP contribution in [0.5, 0.6) is 0 Å². The van der Waals surface area contributed by atoms with Crippen LogP contribution in [-0.4, -0.2) is 44.2 Å². The number of carbonyl (C=O) groups is 2. The smallest absolute Gasteiger partial charge is 0.365 e. The Hall–Kier alpha value is -1.28. The lowest BCUT2D eigenvalue weighted by Gasteiger charge is -2.08. The highest BCUT2D eigenvalue weighted by molar-refractivity contribution is 7.84. The van der Waals surface area contributed by atoms with Gasteiger partial charge in [0.1, 0.15) is 5.69 Å². The molecule has 0 saturated heterocycles. The van der Waals surface area contributed by atoms with Gasteiger partial charge in [-0.3, -0.25) is 9.00 Å². The zero-order chi connectivity index (χ0) is 13.0. The Morgan fingerprint density at radius 1 is 1.65 bits per heavy atom. The van der Waals surface area contributed by atoms with Crippen LogP contribution in [0.4, 0.5) is 0 Å². The van der Waals surface area contributed by atoms with Gasteiger partial charge in [0.15, 0.2) is 0 Å². The van der Waals surface area contributed by atoms with Gasteiger partial charge in [0, 0.05) is 34.2 Å². The maximum Gasteiger partial charge on any atom is 0.365 e. The molecule has 17 heavy (non-hydrogen) atoms. The largest absolute Gasteiger partial charge is 0.476 e. The molecule has 0 aliphatic carbocycles. The number of nitrogens with one attached hydrogen (secondary N) is 1. The molecule has 1 aromatic rings. The standard InChI is InChI=1S/C9H12N2O4S2/c1-5(17(2)15)3-10-7(12)6-4-16-8(11-6)9(13)14/h4-5H,3H2,1-2H3,(H,10,12)(H,13,14). The molecular weight excluding hydrogens is 264 g/mol. The minimum absolute atomic E-state index is 0.0708. The van der Waals surface area contributed by atoms with Crippen molar-refractivity contribution in [3.63, 3.8) is 0 Å². The molecule has 2 unspecified atom stereocenters. The normalized spacial score (nSPS) is 14.0. The van der Waals surface area contributed by atoms with E-state index in [9.17, 15) is 13.8 Å². The van der Waals surface area contributed by atoms with E-state index in [1.807, 2.05) is 0 Å². The quantitative estimate of drug-likeness (QED) is 0.808. The molecule has 6 nitrogen and oxygen atoms in total.